The van der Waals surface area contributed by atoms with Gasteiger partial charge in [0.25, 0.3) is 0 Å². The molecule has 2 rings (SSSR count). The highest BCUT2D eigenvalue weighted by molar-refractivity contribution is 6.29. The molecule has 0 fully saturated rings. The highest BCUT2D eigenvalue weighted by Gasteiger charge is 2.04. The van der Waals surface area contributed by atoms with E-state index in [1.54, 1.807) is 6.07 Å². The number of nitrogens with zero attached hydrogens (tertiary/aromatic N) is 2. The molecule has 0 radical (unpaired) electrons. The van der Waals surface area contributed by atoms with Gasteiger partial charge in [0.15, 0.2) is 0 Å². The van der Waals surface area contributed by atoms with Crippen LogP contribution in [0, 0.1) is 0 Å². The predicted octanol–water partition coefficient (Wildman–Crippen LogP) is 2.40. The number of carbonyl (C=O) groups is 1. The van der Waals surface area contributed by atoms with E-state index in [9.17, 15) is 4.79 Å². The molecule has 0 bridgehead atoms. The van der Waals surface area contributed by atoms with Gasteiger partial charge in [-0.15, -0.1) is 12.4 Å². The number of rotatable bonds is 1. The molecular formula is C9H6Cl2N2O2. The number of carboxylic acid groups (broad SMARTS) is 1. The second kappa shape index (κ2) is 4.42. The summed E-state index contributed by atoms with van der Waals surface area (Å²) < 4.78 is 0. The summed E-state index contributed by atoms with van der Waals surface area (Å²) in [6.07, 6.45) is 1.38. The van der Waals surface area contributed by atoms with Crippen molar-refractivity contribution in [2.75, 3.05) is 0 Å². The number of aromatic carboxylic acids is 1. The Labute approximate surface area is 96.3 Å². The van der Waals surface area contributed by atoms with Gasteiger partial charge in [-0.2, -0.15) is 0 Å². The zero-order chi connectivity index (χ0) is 10.1. The lowest BCUT2D eigenvalue weighted by Crippen LogP contribution is -1.96. The topological polar surface area (TPSA) is 63.1 Å². The molecule has 0 saturated carbocycles. The van der Waals surface area contributed by atoms with Gasteiger partial charge in [-0.3, -0.25) is 4.98 Å². The molecule has 2 aromatic rings. The molecule has 0 unspecified atom stereocenters. The summed E-state index contributed by atoms with van der Waals surface area (Å²) in [7, 11) is 0. The van der Waals surface area contributed by atoms with E-state index in [0.717, 1.165) is 0 Å². The minimum atomic E-state index is -0.983. The summed E-state index contributed by atoms with van der Waals surface area (Å²) in [5.41, 5.74) is 1.30. The Balaban J connectivity index is 0.00000112. The molecule has 0 amide bonds. The van der Waals surface area contributed by atoms with Gasteiger partial charge in [-0.1, -0.05) is 11.6 Å². The summed E-state index contributed by atoms with van der Waals surface area (Å²) in [6, 6.07) is 4.51. The fourth-order valence-electron chi connectivity index (χ4n) is 1.12. The van der Waals surface area contributed by atoms with Crippen molar-refractivity contribution < 1.29 is 9.90 Å². The van der Waals surface area contributed by atoms with Crippen LogP contribution < -0.4 is 0 Å². The van der Waals surface area contributed by atoms with Crippen LogP contribution in [0.3, 0.4) is 0 Å². The quantitative estimate of drug-likeness (QED) is 0.837. The van der Waals surface area contributed by atoms with Crippen molar-refractivity contribution in [3.8, 4) is 0 Å². The molecule has 4 nitrogen and oxygen atoms in total. The first-order chi connectivity index (χ1) is 6.66. The number of fused-ring (bicyclic) bond motifs is 1. The van der Waals surface area contributed by atoms with Crippen molar-refractivity contribution in [3.05, 3.63) is 35.1 Å². The van der Waals surface area contributed by atoms with Gasteiger partial charge in [-0.25, -0.2) is 9.78 Å². The Morgan fingerprint density at radius 1 is 1.33 bits per heavy atom. The molecule has 0 aliphatic rings. The third-order valence-electron chi connectivity index (χ3n) is 1.76. The van der Waals surface area contributed by atoms with Gasteiger partial charge in [0.1, 0.15) is 5.15 Å². The molecule has 1 aromatic carbocycles. The number of carboxylic acids is 1. The molecular weight excluding hydrogens is 239 g/mol. The van der Waals surface area contributed by atoms with E-state index in [-0.39, 0.29) is 18.0 Å². The minimum absolute atomic E-state index is 0. The molecule has 0 spiro atoms. The molecule has 0 saturated heterocycles. The van der Waals surface area contributed by atoms with Crippen molar-refractivity contribution in [2.45, 2.75) is 0 Å². The Morgan fingerprint density at radius 3 is 2.73 bits per heavy atom. The Hall–Kier alpha value is -1.39. The molecule has 1 heterocycles. The first-order valence-electron chi connectivity index (χ1n) is 3.82. The maximum atomic E-state index is 10.6. The van der Waals surface area contributed by atoms with E-state index < -0.39 is 5.97 Å². The van der Waals surface area contributed by atoms with Crippen LogP contribution in [0.5, 0.6) is 0 Å². The summed E-state index contributed by atoms with van der Waals surface area (Å²) in [5, 5.41) is 9.02. The second-order valence-corrected chi connectivity index (χ2v) is 3.09. The first kappa shape index (κ1) is 11.7. The van der Waals surface area contributed by atoms with Crippen molar-refractivity contribution >= 4 is 41.0 Å². The molecule has 1 N–H and O–H groups in total. The van der Waals surface area contributed by atoms with Gasteiger partial charge in [0.2, 0.25) is 0 Å². The highest BCUT2D eigenvalue weighted by atomic mass is 35.5. The Morgan fingerprint density at radius 2 is 2.07 bits per heavy atom. The number of halogens is 2. The van der Waals surface area contributed by atoms with Crippen LogP contribution in [0.4, 0.5) is 0 Å². The van der Waals surface area contributed by atoms with Crippen LogP contribution in [0.2, 0.25) is 5.15 Å². The first-order valence-corrected chi connectivity index (χ1v) is 4.20. The number of hydrogen-bond acceptors (Lipinski definition) is 3. The Bertz CT molecular complexity index is 516. The summed E-state index contributed by atoms with van der Waals surface area (Å²) >= 11 is 5.63. The molecule has 0 atom stereocenters. The van der Waals surface area contributed by atoms with Crippen LogP contribution in [0.1, 0.15) is 10.4 Å². The van der Waals surface area contributed by atoms with Crippen LogP contribution in [-0.4, -0.2) is 21.0 Å². The van der Waals surface area contributed by atoms with E-state index in [4.69, 9.17) is 16.7 Å². The summed E-state index contributed by atoms with van der Waals surface area (Å²) in [5.74, 6) is -0.983. The van der Waals surface area contributed by atoms with E-state index in [1.165, 1.54) is 18.3 Å². The third-order valence-corrected chi connectivity index (χ3v) is 1.94. The molecule has 0 aliphatic carbocycles. The maximum Gasteiger partial charge on any atom is 0.335 e. The van der Waals surface area contributed by atoms with Crippen molar-refractivity contribution in [1.82, 2.24) is 9.97 Å². The summed E-state index contributed by atoms with van der Waals surface area (Å²) in [6.45, 7) is 0. The maximum absolute atomic E-state index is 10.6. The lowest BCUT2D eigenvalue weighted by molar-refractivity contribution is 0.0697. The number of benzene rings is 1. The molecule has 78 valence electrons. The highest BCUT2D eigenvalue weighted by Crippen LogP contribution is 2.14. The van der Waals surface area contributed by atoms with E-state index in [0.29, 0.717) is 16.2 Å². The lowest BCUT2D eigenvalue weighted by Gasteiger charge is -1.98. The second-order valence-electron chi connectivity index (χ2n) is 2.70. The largest absolute Gasteiger partial charge is 0.478 e. The zero-order valence-corrected chi connectivity index (χ0v) is 8.92. The van der Waals surface area contributed by atoms with Gasteiger partial charge in [0, 0.05) is 0 Å². The molecule has 0 aliphatic heterocycles. The summed E-state index contributed by atoms with van der Waals surface area (Å²) in [4.78, 5) is 18.6. The lowest BCUT2D eigenvalue weighted by atomic mass is 10.2. The monoisotopic (exact) mass is 244 g/mol. The van der Waals surface area contributed by atoms with E-state index >= 15 is 0 Å². The number of hydrogen-bond donors (Lipinski definition) is 1. The molecule has 6 heteroatoms. The average Bonchev–Trinajstić information content (AvgIpc) is 2.16. The SMILES string of the molecule is Cl.O=C(O)c1ccc2nc(Cl)cnc2c1. The smallest absolute Gasteiger partial charge is 0.335 e. The standard InChI is InChI=1S/C9H5ClN2O2.ClH/c10-8-4-11-7-3-5(9(13)14)1-2-6(7)12-8;/h1-4H,(H,13,14);1H. The van der Waals surface area contributed by atoms with E-state index in [1.807, 2.05) is 0 Å². The van der Waals surface area contributed by atoms with Crippen molar-refractivity contribution in [3.63, 3.8) is 0 Å². The fraction of sp³-hybridized carbons (Fsp3) is 0. The van der Waals surface area contributed by atoms with E-state index in [2.05, 4.69) is 9.97 Å². The average molecular weight is 245 g/mol. The van der Waals surface area contributed by atoms with Gasteiger partial charge in [-0.05, 0) is 18.2 Å². The minimum Gasteiger partial charge on any atom is -0.478 e. The van der Waals surface area contributed by atoms with Crippen molar-refractivity contribution in [1.29, 1.82) is 0 Å². The predicted molar refractivity (Wildman–Crippen MR) is 58.8 cm³/mol. The van der Waals surface area contributed by atoms with Crippen LogP contribution in [0.15, 0.2) is 24.4 Å². The van der Waals surface area contributed by atoms with Crippen molar-refractivity contribution in [2.24, 2.45) is 0 Å². The van der Waals surface area contributed by atoms with Crippen LogP contribution in [0.25, 0.3) is 11.0 Å². The molecule has 1 aromatic heterocycles. The van der Waals surface area contributed by atoms with Gasteiger partial charge >= 0.3 is 5.97 Å². The normalized spacial score (nSPS) is 9.67. The fourth-order valence-corrected chi connectivity index (χ4v) is 1.26. The zero-order valence-electron chi connectivity index (χ0n) is 7.35. The van der Waals surface area contributed by atoms with Crippen LogP contribution in [-0.2, 0) is 0 Å². The van der Waals surface area contributed by atoms with Gasteiger partial charge in [0.05, 0.1) is 22.8 Å². The Kier molecular flexibility index (Phi) is 3.44. The third kappa shape index (κ3) is 2.34. The molecule has 15 heavy (non-hydrogen) atoms. The van der Waals surface area contributed by atoms with Crippen LogP contribution >= 0.6 is 24.0 Å². The number of aromatic nitrogens is 2. The van der Waals surface area contributed by atoms with Gasteiger partial charge < -0.3 is 5.11 Å².